The second-order valence-corrected chi connectivity index (χ2v) is 4.24. The first-order valence-corrected chi connectivity index (χ1v) is 5.19. The lowest BCUT2D eigenvalue weighted by atomic mass is 10.2. The van der Waals surface area contributed by atoms with Crippen LogP contribution in [-0.4, -0.2) is 20.3 Å². The van der Waals surface area contributed by atoms with E-state index < -0.39 is 18.5 Å². The van der Waals surface area contributed by atoms with Gasteiger partial charge in [0, 0.05) is 5.56 Å². The van der Waals surface area contributed by atoms with Crippen LogP contribution in [0.15, 0.2) is 6.07 Å². The predicted octanol–water partition coefficient (Wildman–Crippen LogP) is 1.68. The molecule has 0 atom stereocenters. The minimum Gasteiger partial charge on any atom is -0.392 e. The maximum Gasteiger partial charge on any atom is 0.225 e. The number of hydrogen-bond acceptors (Lipinski definition) is 5. The van der Waals surface area contributed by atoms with Crippen molar-refractivity contribution in [3.05, 3.63) is 28.5 Å². The molecule has 0 bridgehead atoms. The van der Waals surface area contributed by atoms with E-state index in [9.17, 15) is 8.78 Å². The van der Waals surface area contributed by atoms with Crippen LogP contribution in [0.5, 0.6) is 0 Å². The maximum absolute atomic E-state index is 13.4. The number of pyridine rings is 1. The number of aliphatic hydroxyl groups excluding tert-OH is 1. The highest BCUT2D eigenvalue weighted by Crippen LogP contribution is 2.26. The van der Waals surface area contributed by atoms with Gasteiger partial charge in [0.15, 0.2) is 5.01 Å². The van der Waals surface area contributed by atoms with Crippen LogP contribution < -0.4 is 0 Å². The summed E-state index contributed by atoms with van der Waals surface area (Å²) in [4.78, 5) is 3.08. The van der Waals surface area contributed by atoms with Gasteiger partial charge in [0.25, 0.3) is 0 Å². The van der Waals surface area contributed by atoms with E-state index in [0.717, 1.165) is 0 Å². The van der Waals surface area contributed by atoms with Crippen molar-refractivity contribution in [3.8, 4) is 10.6 Å². The van der Waals surface area contributed by atoms with Gasteiger partial charge in [0.2, 0.25) is 11.9 Å². The molecule has 0 amide bonds. The van der Waals surface area contributed by atoms with Crippen molar-refractivity contribution in [2.75, 3.05) is 0 Å². The first-order valence-electron chi connectivity index (χ1n) is 4.38. The van der Waals surface area contributed by atoms with Gasteiger partial charge in [-0.25, -0.2) is 0 Å². The van der Waals surface area contributed by atoms with E-state index in [1.807, 2.05) is 0 Å². The molecule has 0 fully saturated rings. The highest BCUT2D eigenvalue weighted by molar-refractivity contribution is 7.14. The van der Waals surface area contributed by atoms with E-state index in [2.05, 4.69) is 15.2 Å². The van der Waals surface area contributed by atoms with E-state index in [0.29, 0.717) is 10.0 Å². The molecule has 2 aromatic rings. The summed E-state index contributed by atoms with van der Waals surface area (Å²) in [6.45, 7) is 1.19. The Morgan fingerprint density at radius 2 is 2.06 bits per heavy atom. The van der Waals surface area contributed by atoms with Gasteiger partial charge < -0.3 is 5.11 Å². The van der Waals surface area contributed by atoms with Gasteiger partial charge in [0.1, 0.15) is 5.01 Å². The summed E-state index contributed by atoms with van der Waals surface area (Å²) in [6.07, 6.45) is 0. The number of aliphatic hydroxyl groups is 1. The molecule has 1 N–H and O–H groups in total. The molecular formula is C9H7F2N3OS. The molecule has 0 aliphatic carbocycles. The summed E-state index contributed by atoms with van der Waals surface area (Å²) in [7, 11) is 0. The lowest BCUT2D eigenvalue weighted by Gasteiger charge is -2.02. The summed E-state index contributed by atoms with van der Waals surface area (Å²) < 4.78 is 26.4. The Balaban J connectivity index is 2.56. The van der Waals surface area contributed by atoms with Crippen LogP contribution in [-0.2, 0) is 6.61 Å². The zero-order chi connectivity index (χ0) is 11.7. The monoisotopic (exact) mass is 243 g/mol. The number of hydrogen-bond donors (Lipinski definition) is 1. The Bertz CT molecular complexity index is 529. The first kappa shape index (κ1) is 11.0. The molecule has 0 saturated carbocycles. The maximum atomic E-state index is 13.4. The van der Waals surface area contributed by atoms with Crippen LogP contribution in [0.25, 0.3) is 10.6 Å². The predicted molar refractivity (Wildman–Crippen MR) is 53.7 cm³/mol. The quantitative estimate of drug-likeness (QED) is 0.815. The largest absolute Gasteiger partial charge is 0.392 e. The SMILES string of the molecule is Cc1nnc(-c2cc(CO)c(F)nc2F)s1. The van der Waals surface area contributed by atoms with Gasteiger partial charge in [-0.15, -0.1) is 10.2 Å². The highest BCUT2D eigenvalue weighted by Gasteiger charge is 2.15. The van der Waals surface area contributed by atoms with Crippen LogP contribution in [0.4, 0.5) is 8.78 Å². The summed E-state index contributed by atoms with van der Waals surface area (Å²) >= 11 is 1.17. The fraction of sp³-hybridized carbons (Fsp3) is 0.222. The third-order valence-electron chi connectivity index (χ3n) is 1.93. The fourth-order valence-electron chi connectivity index (χ4n) is 1.18. The molecular weight excluding hydrogens is 236 g/mol. The third kappa shape index (κ3) is 1.91. The van der Waals surface area contributed by atoms with Crippen LogP contribution in [0.1, 0.15) is 10.6 Å². The van der Waals surface area contributed by atoms with Crippen LogP contribution in [0, 0.1) is 18.8 Å². The van der Waals surface area contributed by atoms with Crippen molar-refractivity contribution in [3.63, 3.8) is 0 Å². The van der Waals surface area contributed by atoms with E-state index >= 15 is 0 Å². The van der Waals surface area contributed by atoms with Crippen LogP contribution in [0.2, 0.25) is 0 Å². The fourth-order valence-corrected chi connectivity index (χ4v) is 1.87. The summed E-state index contributed by atoms with van der Waals surface area (Å²) in [5, 5.41) is 17.3. The van der Waals surface area contributed by atoms with Gasteiger partial charge in [-0.2, -0.15) is 13.8 Å². The van der Waals surface area contributed by atoms with Crippen LogP contribution in [0.3, 0.4) is 0 Å². The van der Waals surface area contributed by atoms with Crippen LogP contribution >= 0.6 is 11.3 Å². The molecule has 2 heterocycles. The Hall–Kier alpha value is -1.47. The number of nitrogens with zero attached hydrogens (tertiary/aromatic N) is 3. The van der Waals surface area contributed by atoms with Crippen molar-refractivity contribution in [1.82, 2.24) is 15.2 Å². The molecule has 0 radical (unpaired) electrons. The minimum atomic E-state index is -1.01. The van der Waals surface area contributed by atoms with E-state index in [1.54, 1.807) is 6.92 Å². The number of aromatic nitrogens is 3. The molecule has 7 heteroatoms. The topological polar surface area (TPSA) is 58.9 Å². The average Bonchev–Trinajstić information content (AvgIpc) is 2.65. The lowest BCUT2D eigenvalue weighted by molar-refractivity contribution is 0.273. The molecule has 2 aromatic heterocycles. The number of rotatable bonds is 2. The molecule has 0 aliphatic heterocycles. The molecule has 4 nitrogen and oxygen atoms in total. The molecule has 2 rings (SSSR count). The Labute approximate surface area is 93.6 Å². The molecule has 0 unspecified atom stereocenters. The number of aryl methyl sites for hydroxylation is 1. The Morgan fingerprint density at radius 3 is 2.62 bits per heavy atom. The summed E-state index contributed by atoms with van der Waals surface area (Å²) in [6, 6.07) is 1.19. The zero-order valence-corrected chi connectivity index (χ0v) is 9.05. The molecule has 0 aromatic carbocycles. The van der Waals surface area contributed by atoms with Gasteiger partial charge in [0.05, 0.1) is 12.2 Å². The standard InChI is InChI=1S/C9H7F2N3OS/c1-4-13-14-9(16-4)6-2-5(3-15)7(10)12-8(6)11/h2,15H,3H2,1H3. The van der Waals surface area contributed by atoms with Crippen molar-refractivity contribution in [2.45, 2.75) is 13.5 Å². The molecule has 0 aliphatic rings. The smallest absolute Gasteiger partial charge is 0.225 e. The first-order chi connectivity index (χ1) is 7.61. The van der Waals surface area contributed by atoms with Crippen molar-refractivity contribution in [1.29, 1.82) is 0 Å². The zero-order valence-electron chi connectivity index (χ0n) is 8.24. The van der Waals surface area contributed by atoms with E-state index in [-0.39, 0.29) is 11.1 Å². The molecule has 0 saturated heterocycles. The van der Waals surface area contributed by atoms with Gasteiger partial charge >= 0.3 is 0 Å². The highest BCUT2D eigenvalue weighted by atomic mass is 32.1. The van der Waals surface area contributed by atoms with Crippen molar-refractivity contribution in [2.24, 2.45) is 0 Å². The van der Waals surface area contributed by atoms with Crippen molar-refractivity contribution >= 4 is 11.3 Å². The second kappa shape index (κ2) is 4.18. The second-order valence-electron chi connectivity index (χ2n) is 3.06. The summed E-state index contributed by atoms with van der Waals surface area (Å²) in [5.74, 6) is -1.96. The Kier molecular flexibility index (Phi) is 2.88. The van der Waals surface area contributed by atoms with E-state index in [1.165, 1.54) is 17.4 Å². The Morgan fingerprint density at radius 1 is 1.31 bits per heavy atom. The number of halogens is 2. The van der Waals surface area contributed by atoms with E-state index in [4.69, 9.17) is 5.11 Å². The van der Waals surface area contributed by atoms with Crippen molar-refractivity contribution < 1.29 is 13.9 Å². The van der Waals surface area contributed by atoms with Gasteiger partial charge in [-0.05, 0) is 13.0 Å². The molecule has 0 spiro atoms. The van der Waals surface area contributed by atoms with Gasteiger partial charge in [-0.1, -0.05) is 11.3 Å². The normalized spacial score (nSPS) is 10.8. The lowest BCUT2D eigenvalue weighted by Crippen LogP contribution is -1.99. The minimum absolute atomic E-state index is 0.0519. The molecule has 16 heavy (non-hydrogen) atoms. The summed E-state index contributed by atoms with van der Waals surface area (Å²) in [5.41, 5.74) is -0.0136. The molecule has 84 valence electrons. The average molecular weight is 243 g/mol. The van der Waals surface area contributed by atoms with Gasteiger partial charge in [-0.3, -0.25) is 0 Å². The third-order valence-corrected chi connectivity index (χ3v) is 2.80.